The number of rotatable bonds is 3. The maximum atomic E-state index is 13.2. The van der Waals surface area contributed by atoms with Crippen molar-refractivity contribution in [2.75, 3.05) is 7.11 Å². The number of hydrogen-bond acceptors (Lipinski definition) is 18. The number of esters is 2. The first kappa shape index (κ1) is 58.3. The van der Waals surface area contributed by atoms with Crippen LogP contribution in [0.1, 0.15) is 90.2 Å². The molecule has 7 rings (SSSR count). The second-order valence-electron chi connectivity index (χ2n) is 19.5. The molecule has 2 fully saturated rings. The van der Waals surface area contributed by atoms with Gasteiger partial charge in [0, 0.05) is 48.6 Å². The van der Waals surface area contributed by atoms with Crippen molar-refractivity contribution in [2.45, 2.75) is 177 Å². The van der Waals surface area contributed by atoms with Crippen LogP contribution in [0.4, 0.5) is 0 Å². The summed E-state index contributed by atoms with van der Waals surface area (Å²) in [5.41, 5.74) is 9.38. The zero-order valence-corrected chi connectivity index (χ0v) is 41.4. The fourth-order valence-corrected chi connectivity index (χ4v) is 9.12. The van der Waals surface area contributed by atoms with Gasteiger partial charge in [-0.15, -0.1) is 0 Å². The number of fused-ring (bicyclic) bond motifs is 2. The molecule has 6 bridgehead atoms. The SMILES string of the molecule is COC(=O)[C@H]1[C@@H]2C[C@@H](O[C@@H]3O[C@H](C)[C@@H](O)[C@H](N)[C@@H]3O)C=CC#Cc3ccc(cc3)-c3ccc(cc3)C#CC=C[C@H](C)[C@@H](O)[C@@H](C)[C@H](C)OC(=O)C[C@H](O)C[C@H](O)CC[C@@H](O)[C@H](O)C[C@H](O)C[C@](O)(C[C@@H]1O)O2. The van der Waals surface area contributed by atoms with Crippen LogP contribution >= 0.6 is 0 Å². The topological polar surface area (TPSA) is 309 Å². The molecule has 5 aliphatic rings. The molecule has 0 amide bonds. The minimum atomic E-state index is -2.30. The van der Waals surface area contributed by atoms with Crippen LogP contribution in [0.5, 0.6) is 0 Å². The van der Waals surface area contributed by atoms with Gasteiger partial charge in [0.05, 0.1) is 86.7 Å². The van der Waals surface area contributed by atoms with Crippen LogP contribution < -0.4 is 5.73 Å². The summed E-state index contributed by atoms with van der Waals surface area (Å²) >= 11 is 0. The standard InChI is InChI=1S/C54H73NO17/c1-30-10-6-7-11-34-14-18-36(19-15-34)37-20-16-35(17-21-37)12-8-9-13-41(71-53-51(65)48(55)50(64)33(4)70-53)27-45-47(52(66)68-5)44(61)29-54(67,72-45)28-40(58)25-43(60)42(59)23-22-38(56)24-39(57)26-46(62)69-32(3)31(2)49(30)63/h6,9-10,13-21,30-33,38-45,47-51,53,56-61,63-65,67H,22-29,55H2,1-5H3/t30-,31-,32-,33+,38+,39+,40-,41-,42+,43+,44-,45-,47+,48-,49+,50+,51-,53-,54+/m0/s1. The molecule has 0 aliphatic carbocycles. The Labute approximate surface area is 421 Å². The van der Waals surface area contributed by atoms with Crippen LogP contribution in [0.2, 0.25) is 0 Å². The van der Waals surface area contributed by atoms with E-state index in [0.29, 0.717) is 5.56 Å². The summed E-state index contributed by atoms with van der Waals surface area (Å²) in [5, 5.41) is 109. The quantitative estimate of drug-likeness (QED) is 0.152. The van der Waals surface area contributed by atoms with Crippen LogP contribution in [0.25, 0.3) is 11.1 Å². The second kappa shape index (κ2) is 27.1. The van der Waals surface area contributed by atoms with E-state index in [2.05, 4.69) is 23.7 Å². The van der Waals surface area contributed by atoms with Gasteiger partial charge in [-0.25, -0.2) is 0 Å². The maximum Gasteiger partial charge on any atom is 0.313 e. The normalized spacial score (nSPS) is 38.2. The first-order valence-electron chi connectivity index (χ1n) is 24.5. The van der Waals surface area contributed by atoms with Gasteiger partial charge in [0.25, 0.3) is 0 Å². The Balaban J connectivity index is 1.41. The molecular formula is C54H73NO17. The number of nitrogens with two attached hydrogens (primary N) is 1. The minimum absolute atomic E-state index is 0.108. The molecule has 0 radical (unpaired) electrons. The van der Waals surface area contributed by atoms with Gasteiger partial charge in [-0.1, -0.05) is 67.9 Å². The van der Waals surface area contributed by atoms with E-state index < -0.39 is 147 Å². The van der Waals surface area contributed by atoms with E-state index in [1.54, 1.807) is 32.9 Å². The van der Waals surface area contributed by atoms with Crippen molar-refractivity contribution in [1.29, 1.82) is 0 Å². The number of aliphatic hydroxyl groups is 10. The molecule has 12 N–H and O–H groups in total. The van der Waals surface area contributed by atoms with Gasteiger partial charge in [-0.3, -0.25) is 9.59 Å². The Kier molecular flexibility index (Phi) is 21.9. The molecule has 5 aliphatic heterocycles. The molecule has 72 heavy (non-hydrogen) atoms. The smallest absolute Gasteiger partial charge is 0.313 e. The molecule has 2 saturated heterocycles. The Bertz CT molecular complexity index is 2230. The third-order valence-electron chi connectivity index (χ3n) is 13.7. The predicted octanol–water partition coefficient (Wildman–Crippen LogP) is 1.09. The summed E-state index contributed by atoms with van der Waals surface area (Å²) in [6.07, 6.45) is -14.3. The number of benzene rings is 2. The third kappa shape index (κ3) is 16.7. The summed E-state index contributed by atoms with van der Waals surface area (Å²) in [7, 11) is 1.11. The predicted molar refractivity (Wildman–Crippen MR) is 261 cm³/mol. The van der Waals surface area contributed by atoms with Crippen molar-refractivity contribution in [2.24, 2.45) is 23.5 Å². The second-order valence-corrected chi connectivity index (χ2v) is 19.5. The van der Waals surface area contributed by atoms with Crippen molar-refractivity contribution in [1.82, 2.24) is 0 Å². The average Bonchev–Trinajstić information content (AvgIpc) is 3.33. The maximum absolute atomic E-state index is 13.2. The molecule has 0 unspecified atom stereocenters. The van der Waals surface area contributed by atoms with Gasteiger partial charge >= 0.3 is 11.9 Å². The van der Waals surface area contributed by atoms with Crippen molar-refractivity contribution >= 4 is 11.9 Å². The van der Waals surface area contributed by atoms with E-state index in [4.69, 9.17) is 29.4 Å². The minimum Gasteiger partial charge on any atom is -0.469 e. The fraction of sp³-hybridized carbons (Fsp3) is 0.593. The Morgan fingerprint density at radius 3 is 1.89 bits per heavy atom. The molecule has 2 aromatic carbocycles. The Morgan fingerprint density at radius 2 is 1.29 bits per heavy atom. The molecule has 18 heteroatoms. The molecule has 0 spiro atoms. The van der Waals surface area contributed by atoms with Crippen molar-refractivity contribution in [3.63, 3.8) is 0 Å². The zero-order valence-electron chi connectivity index (χ0n) is 41.4. The van der Waals surface area contributed by atoms with Crippen molar-refractivity contribution in [3.05, 3.63) is 84.0 Å². The molecular weight excluding hydrogens is 935 g/mol. The Hall–Kier alpha value is -4.58. The molecule has 0 saturated carbocycles. The van der Waals surface area contributed by atoms with Crippen LogP contribution in [0, 0.1) is 41.4 Å². The number of carbonyl (C=O) groups excluding carboxylic acids is 2. The number of methoxy groups -OCH3 is 1. The first-order chi connectivity index (χ1) is 34.1. The van der Waals surface area contributed by atoms with E-state index in [1.807, 2.05) is 55.5 Å². The zero-order chi connectivity index (χ0) is 52.9. The average molecular weight is 1010 g/mol. The number of hydrogen-bond donors (Lipinski definition) is 11. The number of ether oxygens (including phenoxy) is 5. The van der Waals surface area contributed by atoms with Gasteiger partial charge in [-0.05, 0) is 86.7 Å². The van der Waals surface area contributed by atoms with Crippen LogP contribution in [0.15, 0.2) is 72.8 Å². The van der Waals surface area contributed by atoms with Gasteiger partial charge in [0.2, 0.25) is 0 Å². The molecule has 5 heterocycles. The summed E-state index contributed by atoms with van der Waals surface area (Å²) in [5.74, 6) is 5.94. The summed E-state index contributed by atoms with van der Waals surface area (Å²) in [6, 6.07) is 14.0. The fourth-order valence-electron chi connectivity index (χ4n) is 9.12. The van der Waals surface area contributed by atoms with E-state index in [9.17, 15) is 60.7 Å². The summed E-state index contributed by atoms with van der Waals surface area (Å²) < 4.78 is 28.6. The van der Waals surface area contributed by atoms with Crippen LogP contribution in [0.3, 0.4) is 0 Å². The highest BCUT2D eigenvalue weighted by atomic mass is 16.7. The lowest BCUT2D eigenvalue weighted by Crippen LogP contribution is -2.61. The highest BCUT2D eigenvalue weighted by molar-refractivity contribution is 5.74. The van der Waals surface area contributed by atoms with Gasteiger partial charge in [-0.2, -0.15) is 0 Å². The summed E-state index contributed by atoms with van der Waals surface area (Å²) in [6.45, 7) is 6.74. The molecule has 18 nitrogen and oxygen atoms in total. The molecule has 2 aromatic rings. The number of allylic oxidation sites excluding steroid dienone is 2. The lowest BCUT2D eigenvalue weighted by Gasteiger charge is -2.45. The Morgan fingerprint density at radius 1 is 0.694 bits per heavy atom. The van der Waals surface area contributed by atoms with E-state index in [-0.39, 0.29) is 31.6 Å². The third-order valence-corrected chi connectivity index (χ3v) is 13.7. The van der Waals surface area contributed by atoms with Gasteiger partial charge in [0.15, 0.2) is 12.1 Å². The van der Waals surface area contributed by atoms with Crippen LogP contribution in [-0.2, 0) is 33.3 Å². The van der Waals surface area contributed by atoms with Crippen LogP contribution in [-0.4, -0.2) is 168 Å². The highest BCUT2D eigenvalue weighted by Crippen LogP contribution is 2.38. The highest BCUT2D eigenvalue weighted by Gasteiger charge is 2.51. The lowest BCUT2D eigenvalue weighted by molar-refractivity contribution is -0.308. The molecule has 19 atom stereocenters. The van der Waals surface area contributed by atoms with Gasteiger partial charge < -0.3 is 80.5 Å². The first-order valence-corrected chi connectivity index (χ1v) is 24.5. The van der Waals surface area contributed by atoms with Crippen molar-refractivity contribution < 1.29 is 84.3 Å². The lowest BCUT2D eigenvalue weighted by atomic mass is 9.82. The largest absolute Gasteiger partial charge is 0.469 e. The number of carbonyl (C=O) groups is 2. The molecule has 396 valence electrons. The van der Waals surface area contributed by atoms with E-state index >= 15 is 0 Å². The van der Waals surface area contributed by atoms with E-state index in [0.717, 1.165) is 23.8 Å². The van der Waals surface area contributed by atoms with Gasteiger partial charge in [0.1, 0.15) is 18.1 Å². The van der Waals surface area contributed by atoms with Crippen molar-refractivity contribution in [3.8, 4) is 34.8 Å². The van der Waals surface area contributed by atoms with E-state index in [1.165, 1.54) is 12.2 Å². The number of aliphatic hydroxyl groups excluding tert-OH is 9. The molecule has 0 aromatic heterocycles. The summed E-state index contributed by atoms with van der Waals surface area (Å²) in [4.78, 5) is 25.9. The monoisotopic (exact) mass is 1010 g/mol.